The van der Waals surface area contributed by atoms with Crippen molar-refractivity contribution in [3.05, 3.63) is 0 Å². The zero-order chi connectivity index (χ0) is 40.8. The zero-order valence-electron chi connectivity index (χ0n) is 28.4. The number of hydrogen-bond acceptors (Lipinski definition) is 20. The van der Waals surface area contributed by atoms with Crippen LogP contribution in [0.25, 0.3) is 0 Å². The molecule has 0 radical (unpaired) electrons. The van der Waals surface area contributed by atoms with Gasteiger partial charge in [0.25, 0.3) is 0 Å². The summed E-state index contributed by atoms with van der Waals surface area (Å²) in [4.78, 5) is 20.3. The Morgan fingerprint density at radius 1 is 0.280 bits per heavy atom. The summed E-state index contributed by atoms with van der Waals surface area (Å²) in [6.45, 7) is -4.37. The topological polar surface area (TPSA) is 439 Å². The SMILES string of the molecule is O=C(O)CCCCCCCCC(=O)O.OCC(O)CO.OCC(O)CO.OCC(O)CO.OCC(O)CO.OCC(O)CO.OCC(O)CO. The average molecular weight is 755 g/mol. The van der Waals surface area contributed by atoms with Gasteiger partial charge in [-0.25, -0.2) is 0 Å². The Hall–Kier alpha value is -1.78. The molecule has 0 atom stereocenters. The number of carbonyl (C=O) groups is 2. The number of rotatable bonds is 21. The fourth-order valence-corrected chi connectivity index (χ4v) is 1.61. The molecule has 0 aromatic heterocycles. The van der Waals surface area contributed by atoms with Gasteiger partial charge in [-0.2, -0.15) is 0 Å². The molecule has 0 bridgehead atoms. The average Bonchev–Trinajstić information content (AvgIpc) is 3.14. The Balaban J connectivity index is -0.0000000897. The first-order valence-electron chi connectivity index (χ1n) is 15.3. The lowest BCUT2D eigenvalue weighted by Gasteiger charge is -1.98. The smallest absolute Gasteiger partial charge is 0.303 e. The molecule has 20 N–H and O–H groups in total. The van der Waals surface area contributed by atoms with E-state index in [4.69, 9.17) is 102 Å². The van der Waals surface area contributed by atoms with Crippen LogP contribution in [0, 0.1) is 0 Å². The second-order valence-electron chi connectivity index (χ2n) is 9.52. The molecule has 0 aliphatic heterocycles. The summed E-state index contributed by atoms with van der Waals surface area (Å²) >= 11 is 0. The minimum atomic E-state index is -0.954. The van der Waals surface area contributed by atoms with Crippen LogP contribution in [0.3, 0.4) is 0 Å². The second-order valence-corrected chi connectivity index (χ2v) is 9.52. The largest absolute Gasteiger partial charge is 0.481 e. The van der Waals surface area contributed by atoms with E-state index in [-0.39, 0.29) is 92.1 Å². The highest BCUT2D eigenvalue weighted by Crippen LogP contribution is 2.08. The van der Waals surface area contributed by atoms with Crippen LogP contribution in [0.15, 0.2) is 0 Å². The molecule has 0 saturated heterocycles. The molecule has 0 heterocycles. The number of aliphatic hydroxyl groups excluding tert-OH is 18. The number of carboxylic acid groups (broad SMARTS) is 2. The third-order valence-electron chi connectivity index (χ3n) is 4.56. The predicted octanol–water partition coefficient (Wildman–Crippen LogP) is -7.73. The van der Waals surface area contributed by atoms with Crippen molar-refractivity contribution in [3.63, 3.8) is 0 Å². The molecule has 22 heteroatoms. The van der Waals surface area contributed by atoms with E-state index in [0.29, 0.717) is 0 Å². The van der Waals surface area contributed by atoms with E-state index in [2.05, 4.69) is 0 Å². The summed E-state index contributed by atoms with van der Waals surface area (Å²) in [7, 11) is 0. The molecule has 0 spiro atoms. The molecule has 0 amide bonds. The zero-order valence-corrected chi connectivity index (χ0v) is 28.4. The second kappa shape index (κ2) is 56.6. The van der Waals surface area contributed by atoms with Crippen molar-refractivity contribution in [3.8, 4) is 0 Å². The van der Waals surface area contributed by atoms with Gasteiger partial charge in [0.15, 0.2) is 0 Å². The lowest BCUT2D eigenvalue weighted by atomic mass is 10.1. The van der Waals surface area contributed by atoms with Crippen LogP contribution in [-0.2, 0) is 9.59 Å². The summed E-state index contributed by atoms with van der Waals surface area (Å²) in [5.74, 6) is -1.48. The van der Waals surface area contributed by atoms with E-state index in [1.54, 1.807) is 0 Å². The number of hydrogen-bond donors (Lipinski definition) is 20. The molecular weight excluding hydrogens is 688 g/mol. The van der Waals surface area contributed by atoms with Crippen LogP contribution in [0.5, 0.6) is 0 Å². The van der Waals surface area contributed by atoms with Crippen molar-refractivity contribution in [2.24, 2.45) is 0 Å². The Morgan fingerprint density at radius 2 is 0.400 bits per heavy atom. The van der Waals surface area contributed by atoms with Crippen molar-refractivity contribution in [1.29, 1.82) is 0 Å². The van der Waals surface area contributed by atoms with Gasteiger partial charge < -0.3 is 102 Å². The Labute approximate surface area is 291 Å². The van der Waals surface area contributed by atoms with Crippen LogP contribution in [0.4, 0.5) is 0 Å². The normalized spacial score (nSPS) is 10.0. The van der Waals surface area contributed by atoms with Crippen LogP contribution in [0.1, 0.15) is 51.4 Å². The third kappa shape index (κ3) is 85.6. The van der Waals surface area contributed by atoms with E-state index in [9.17, 15) is 9.59 Å². The van der Waals surface area contributed by atoms with Crippen molar-refractivity contribution in [2.75, 3.05) is 79.3 Å². The highest BCUT2D eigenvalue weighted by Gasteiger charge is 1.99. The monoisotopic (exact) mass is 754 g/mol. The minimum absolute atomic E-state index is 0.245. The molecule has 50 heavy (non-hydrogen) atoms. The highest BCUT2D eigenvalue weighted by atomic mass is 16.4. The number of aliphatic hydroxyl groups is 18. The van der Waals surface area contributed by atoms with Crippen molar-refractivity contribution in [1.82, 2.24) is 0 Å². The van der Waals surface area contributed by atoms with Crippen LogP contribution < -0.4 is 0 Å². The number of aliphatic carboxylic acids is 2. The van der Waals surface area contributed by atoms with Gasteiger partial charge in [-0.3, -0.25) is 9.59 Å². The van der Waals surface area contributed by atoms with E-state index in [0.717, 1.165) is 38.5 Å². The summed E-state index contributed by atoms with van der Waals surface area (Å²) in [6, 6.07) is 0. The van der Waals surface area contributed by atoms with E-state index in [1.807, 2.05) is 0 Å². The van der Waals surface area contributed by atoms with Gasteiger partial charge >= 0.3 is 11.9 Å². The third-order valence-corrected chi connectivity index (χ3v) is 4.56. The molecule has 0 rings (SSSR count). The van der Waals surface area contributed by atoms with Gasteiger partial charge in [0, 0.05) is 12.8 Å². The van der Waals surface area contributed by atoms with Crippen LogP contribution in [-0.4, -0.2) is 230 Å². The molecule has 0 fully saturated rings. The molecule has 0 aliphatic rings. The Morgan fingerprint density at radius 3 is 0.480 bits per heavy atom. The van der Waals surface area contributed by atoms with Gasteiger partial charge in [0.05, 0.1) is 79.3 Å². The van der Waals surface area contributed by atoms with Crippen LogP contribution >= 0.6 is 0 Å². The van der Waals surface area contributed by atoms with Crippen molar-refractivity contribution in [2.45, 2.75) is 88.0 Å². The Bertz CT molecular complexity index is 484. The van der Waals surface area contributed by atoms with Crippen molar-refractivity contribution >= 4 is 11.9 Å². The van der Waals surface area contributed by atoms with Gasteiger partial charge in [0.2, 0.25) is 0 Å². The first-order valence-corrected chi connectivity index (χ1v) is 15.3. The van der Waals surface area contributed by atoms with Gasteiger partial charge in [-0.1, -0.05) is 25.7 Å². The fraction of sp³-hybridized carbons (Fsp3) is 0.929. The highest BCUT2D eigenvalue weighted by molar-refractivity contribution is 5.66. The van der Waals surface area contributed by atoms with E-state index < -0.39 is 48.6 Å². The summed E-state index contributed by atoms with van der Waals surface area (Å²) in [6.07, 6.45) is 0.103. The molecular formula is C28H66O22. The number of carboxylic acids is 2. The van der Waals surface area contributed by atoms with Gasteiger partial charge in [0.1, 0.15) is 36.6 Å². The Kier molecular flexibility index (Phi) is 71.6. The maximum absolute atomic E-state index is 10.1. The lowest BCUT2D eigenvalue weighted by Crippen LogP contribution is -2.15. The summed E-state index contributed by atoms with van der Waals surface area (Å²) in [5, 5.41) is 161. The minimum Gasteiger partial charge on any atom is -0.481 e. The quantitative estimate of drug-likeness (QED) is 0.0484. The van der Waals surface area contributed by atoms with Crippen molar-refractivity contribution < 1.29 is 112 Å². The predicted molar refractivity (Wildman–Crippen MR) is 173 cm³/mol. The number of unbranched alkanes of at least 4 members (excludes halogenated alkanes) is 5. The van der Waals surface area contributed by atoms with E-state index >= 15 is 0 Å². The molecule has 0 aliphatic carbocycles. The molecule has 0 saturated carbocycles. The summed E-state index contributed by atoms with van der Waals surface area (Å²) < 4.78 is 0. The van der Waals surface area contributed by atoms with Gasteiger partial charge in [-0.15, -0.1) is 0 Å². The first kappa shape index (κ1) is 63.3. The molecule has 310 valence electrons. The van der Waals surface area contributed by atoms with E-state index in [1.165, 1.54) is 0 Å². The molecule has 0 aromatic carbocycles. The standard InChI is InChI=1S/C10H18O4.6C3H8O3/c11-9(12)7-5-3-1-2-4-6-8-10(13)14;6*4-1-3(6)2-5/h1-8H2,(H,11,12)(H,13,14);6*3-6H,1-2H2. The first-order chi connectivity index (χ1) is 23.5. The molecule has 0 aromatic rings. The van der Waals surface area contributed by atoms with Gasteiger partial charge in [-0.05, 0) is 12.8 Å². The van der Waals surface area contributed by atoms with Crippen LogP contribution in [0.2, 0.25) is 0 Å². The molecule has 22 nitrogen and oxygen atoms in total. The maximum atomic E-state index is 10.1. The summed E-state index contributed by atoms with van der Waals surface area (Å²) in [5.41, 5.74) is 0. The molecule has 0 unspecified atom stereocenters. The maximum Gasteiger partial charge on any atom is 0.303 e. The fourth-order valence-electron chi connectivity index (χ4n) is 1.61. The lowest BCUT2D eigenvalue weighted by molar-refractivity contribution is -0.138.